The minimum Gasteiger partial charge on any atom is -0.368 e. The van der Waals surface area contributed by atoms with Gasteiger partial charge >= 0.3 is 0 Å². The van der Waals surface area contributed by atoms with Crippen LogP contribution in [0.5, 0.6) is 0 Å². The first kappa shape index (κ1) is 12.9. The average molecular weight is 287 g/mol. The summed E-state index contributed by atoms with van der Waals surface area (Å²) in [6.45, 7) is 2.98. The summed E-state index contributed by atoms with van der Waals surface area (Å²) in [6.07, 6.45) is 5.34. The summed E-state index contributed by atoms with van der Waals surface area (Å²) >= 11 is 3.26. The van der Waals surface area contributed by atoms with Crippen molar-refractivity contribution in [3.8, 4) is 0 Å². The van der Waals surface area contributed by atoms with E-state index in [0.29, 0.717) is 5.95 Å². The van der Waals surface area contributed by atoms with Crippen LogP contribution in [-0.2, 0) is 4.79 Å². The Balaban J connectivity index is 2.74. The molecule has 0 bridgehead atoms. The van der Waals surface area contributed by atoms with Gasteiger partial charge in [0.2, 0.25) is 11.9 Å². The Hall–Kier alpha value is -1.17. The second-order valence-corrected chi connectivity index (χ2v) is 4.36. The standard InChI is InChI=1S/C10H15BrN4O/c1-2-3-4-15(7-9(12)16)10-13-5-8(11)6-14-10/h5-6H,2-4,7H2,1H3,(H2,12,16). The molecule has 1 amide bonds. The van der Waals surface area contributed by atoms with Crippen molar-refractivity contribution in [2.75, 3.05) is 18.0 Å². The van der Waals surface area contributed by atoms with Crippen LogP contribution in [0, 0.1) is 0 Å². The summed E-state index contributed by atoms with van der Waals surface area (Å²) in [4.78, 5) is 21.0. The van der Waals surface area contributed by atoms with Gasteiger partial charge in [0.25, 0.3) is 0 Å². The van der Waals surface area contributed by atoms with E-state index in [9.17, 15) is 4.79 Å². The lowest BCUT2D eigenvalue weighted by atomic mass is 10.3. The van der Waals surface area contributed by atoms with Crippen LogP contribution in [0.25, 0.3) is 0 Å². The van der Waals surface area contributed by atoms with Crippen molar-refractivity contribution in [3.63, 3.8) is 0 Å². The lowest BCUT2D eigenvalue weighted by Crippen LogP contribution is -2.35. The molecule has 1 aromatic rings. The van der Waals surface area contributed by atoms with Gasteiger partial charge in [-0.25, -0.2) is 9.97 Å². The first-order chi connectivity index (χ1) is 7.63. The number of hydrogen-bond acceptors (Lipinski definition) is 4. The molecule has 0 aliphatic carbocycles. The fourth-order valence-corrected chi connectivity index (χ4v) is 1.46. The van der Waals surface area contributed by atoms with Crippen LogP contribution in [-0.4, -0.2) is 29.0 Å². The average Bonchev–Trinajstić information content (AvgIpc) is 2.25. The SMILES string of the molecule is CCCCN(CC(N)=O)c1ncc(Br)cn1. The van der Waals surface area contributed by atoms with Crippen LogP contribution in [0.3, 0.4) is 0 Å². The molecule has 6 heteroatoms. The maximum absolute atomic E-state index is 10.9. The largest absolute Gasteiger partial charge is 0.368 e. The van der Waals surface area contributed by atoms with E-state index < -0.39 is 0 Å². The number of hydrogen-bond donors (Lipinski definition) is 1. The number of nitrogens with zero attached hydrogens (tertiary/aromatic N) is 3. The molecular formula is C10H15BrN4O. The highest BCUT2D eigenvalue weighted by Gasteiger charge is 2.11. The van der Waals surface area contributed by atoms with Gasteiger partial charge < -0.3 is 10.6 Å². The van der Waals surface area contributed by atoms with E-state index in [1.807, 2.05) is 0 Å². The number of anilines is 1. The molecule has 1 rings (SSSR count). The summed E-state index contributed by atoms with van der Waals surface area (Å²) in [5, 5.41) is 0. The molecule has 5 nitrogen and oxygen atoms in total. The molecule has 16 heavy (non-hydrogen) atoms. The van der Waals surface area contributed by atoms with Gasteiger partial charge in [-0.05, 0) is 22.4 Å². The molecule has 1 aromatic heterocycles. The summed E-state index contributed by atoms with van der Waals surface area (Å²) in [5.74, 6) is 0.165. The number of carbonyl (C=O) groups excluding carboxylic acids is 1. The molecule has 1 heterocycles. The zero-order valence-electron chi connectivity index (χ0n) is 9.19. The topological polar surface area (TPSA) is 72.1 Å². The highest BCUT2D eigenvalue weighted by atomic mass is 79.9. The van der Waals surface area contributed by atoms with Crippen LogP contribution in [0.1, 0.15) is 19.8 Å². The molecule has 0 unspecified atom stereocenters. The van der Waals surface area contributed by atoms with Crippen molar-refractivity contribution >= 4 is 27.8 Å². The molecular weight excluding hydrogens is 272 g/mol. The Bertz CT molecular complexity index is 341. The number of aromatic nitrogens is 2. The van der Waals surface area contributed by atoms with Gasteiger partial charge in [0.1, 0.15) is 0 Å². The zero-order chi connectivity index (χ0) is 12.0. The smallest absolute Gasteiger partial charge is 0.237 e. The van der Waals surface area contributed by atoms with Crippen LogP contribution in [0.2, 0.25) is 0 Å². The minimum atomic E-state index is -0.373. The number of nitrogens with two attached hydrogens (primary N) is 1. The molecule has 0 radical (unpaired) electrons. The van der Waals surface area contributed by atoms with Gasteiger partial charge in [0.15, 0.2) is 0 Å². The number of carbonyl (C=O) groups is 1. The van der Waals surface area contributed by atoms with Crippen LogP contribution in [0.4, 0.5) is 5.95 Å². The summed E-state index contributed by atoms with van der Waals surface area (Å²) in [7, 11) is 0. The monoisotopic (exact) mass is 286 g/mol. The second kappa shape index (κ2) is 6.42. The second-order valence-electron chi connectivity index (χ2n) is 3.44. The molecule has 88 valence electrons. The fourth-order valence-electron chi connectivity index (χ4n) is 1.26. The molecule has 0 atom stereocenters. The highest BCUT2D eigenvalue weighted by molar-refractivity contribution is 9.10. The minimum absolute atomic E-state index is 0.154. The van der Waals surface area contributed by atoms with E-state index in [-0.39, 0.29) is 12.5 Å². The first-order valence-electron chi connectivity index (χ1n) is 5.14. The first-order valence-corrected chi connectivity index (χ1v) is 5.93. The highest BCUT2D eigenvalue weighted by Crippen LogP contribution is 2.11. The summed E-state index contributed by atoms with van der Waals surface area (Å²) < 4.78 is 0.811. The molecule has 0 aliphatic rings. The number of primary amides is 1. The van der Waals surface area contributed by atoms with E-state index in [4.69, 9.17) is 5.73 Å². The van der Waals surface area contributed by atoms with Crippen molar-refractivity contribution < 1.29 is 4.79 Å². The molecule has 0 saturated heterocycles. The maximum atomic E-state index is 10.9. The van der Waals surface area contributed by atoms with Gasteiger partial charge in [0.05, 0.1) is 11.0 Å². The van der Waals surface area contributed by atoms with Gasteiger partial charge in [-0.1, -0.05) is 13.3 Å². The Morgan fingerprint density at radius 2 is 2.12 bits per heavy atom. The maximum Gasteiger partial charge on any atom is 0.237 e. The fraction of sp³-hybridized carbons (Fsp3) is 0.500. The van der Waals surface area contributed by atoms with E-state index in [1.54, 1.807) is 17.3 Å². The van der Waals surface area contributed by atoms with Crippen LogP contribution in [0.15, 0.2) is 16.9 Å². The Morgan fingerprint density at radius 1 is 1.50 bits per heavy atom. The molecule has 0 saturated carbocycles. The van der Waals surface area contributed by atoms with Crippen LogP contribution >= 0.6 is 15.9 Å². The van der Waals surface area contributed by atoms with Gasteiger partial charge in [-0.3, -0.25) is 4.79 Å². The van der Waals surface area contributed by atoms with E-state index in [1.165, 1.54) is 0 Å². The third-order valence-corrected chi connectivity index (χ3v) is 2.43. The van der Waals surface area contributed by atoms with Gasteiger partial charge in [-0.15, -0.1) is 0 Å². The Morgan fingerprint density at radius 3 is 2.62 bits per heavy atom. The van der Waals surface area contributed by atoms with E-state index in [2.05, 4.69) is 32.8 Å². The van der Waals surface area contributed by atoms with Gasteiger partial charge in [-0.2, -0.15) is 0 Å². The predicted molar refractivity (Wildman–Crippen MR) is 66.0 cm³/mol. The number of amides is 1. The van der Waals surface area contributed by atoms with Crippen molar-refractivity contribution in [2.45, 2.75) is 19.8 Å². The molecule has 0 spiro atoms. The zero-order valence-corrected chi connectivity index (χ0v) is 10.8. The molecule has 0 aliphatic heterocycles. The van der Waals surface area contributed by atoms with Crippen molar-refractivity contribution in [3.05, 3.63) is 16.9 Å². The number of unbranched alkanes of at least 4 members (excludes halogenated alkanes) is 1. The third-order valence-electron chi connectivity index (χ3n) is 2.02. The Kier molecular flexibility index (Phi) is 5.18. The van der Waals surface area contributed by atoms with Crippen molar-refractivity contribution in [2.24, 2.45) is 5.73 Å². The lowest BCUT2D eigenvalue weighted by molar-refractivity contribution is -0.116. The predicted octanol–water partition coefficient (Wildman–Crippen LogP) is 1.33. The number of rotatable bonds is 6. The summed E-state index contributed by atoms with van der Waals surface area (Å²) in [6, 6.07) is 0. The number of halogens is 1. The van der Waals surface area contributed by atoms with Gasteiger partial charge in [0, 0.05) is 18.9 Å². The molecule has 0 fully saturated rings. The van der Waals surface area contributed by atoms with E-state index >= 15 is 0 Å². The van der Waals surface area contributed by atoms with E-state index in [0.717, 1.165) is 23.9 Å². The van der Waals surface area contributed by atoms with Crippen molar-refractivity contribution in [1.29, 1.82) is 0 Å². The Labute approximate surface area is 103 Å². The quantitative estimate of drug-likeness (QED) is 0.856. The van der Waals surface area contributed by atoms with Crippen LogP contribution < -0.4 is 10.6 Å². The third kappa shape index (κ3) is 4.14. The molecule has 2 N–H and O–H groups in total. The molecule has 0 aromatic carbocycles. The lowest BCUT2D eigenvalue weighted by Gasteiger charge is -2.20. The van der Waals surface area contributed by atoms with Crippen molar-refractivity contribution in [1.82, 2.24) is 9.97 Å². The normalized spacial score (nSPS) is 10.1. The summed E-state index contributed by atoms with van der Waals surface area (Å²) in [5.41, 5.74) is 5.19.